The Bertz CT molecular complexity index is 804. The molecule has 0 spiro atoms. The zero-order valence-corrected chi connectivity index (χ0v) is 17.0. The molecule has 0 aromatic heterocycles. The zero-order valence-electron chi connectivity index (χ0n) is 17.0. The van der Waals surface area contributed by atoms with Gasteiger partial charge in [0.15, 0.2) is 6.10 Å². The molecular weight excluding hydrogens is 358 g/mol. The molecule has 150 valence electrons. The lowest BCUT2D eigenvalue weighted by atomic mass is 10.1. The van der Waals surface area contributed by atoms with Crippen molar-refractivity contribution in [1.29, 1.82) is 0 Å². The van der Waals surface area contributed by atoms with E-state index in [1.807, 2.05) is 44.2 Å². The first-order valence-electron chi connectivity index (χ1n) is 9.12. The second-order valence-corrected chi connectivity index (χ2v) is 6.61. The van der Waals surface area contributed by atoms with Crippen molar-refractivity contribution < 1.29 is 23.8 Å². The highest BCUT2D eigenvalue weighted by Gasteiger charge is 2.19. The molecule has 2 aromatic carbocycles. The molecule has 0 bridgehead atoms. The van der Waals surface area contributed by atoms with Crippen LogP contribution in [0.2, 0.25) is 0 Å². The molecule has 0 saturated carbocycles. The second kappa shape index (κ2) is 9.78. The number of benzene rings is 2. The number of rotatable bonds is 8. The van der Waals surface area contributed by atoms with Crippen molar-refractivity contribution in [2.24, 2.45) is 0 Å². The third-order valence-electron chi connectivity index (χ3n) is 4.44. The Kier molecular flexibility index (Phi) is 7.44. The summed E-state index contributed by atoms with van der Waals surface area (Å²) in [5.74, 6) is 0.521. The minimum Gasteiger partial charge on any atom is -0.497 e. The van der Waals surface area contributed by atoms with Crippen molar-refractivity contribution in [1.82, 2.24) is 0 Å². The maximum Gasteiger partial charge on any atom is 0.306 e. The van der Waals surface area contributed by atoms with Crippen LogP contribution in [0.1, 0.15) is 30.0 Å². The van der Waals surface area contributed by atoms with Crippen LogP contribution in [0.5, 0.6) is 11.5 Å². The fourth-order valence-electron chi connectivity index (χ4n) is 2.80. The van der Waals surface area contributed by atoms with Gasteiger partial charge in [-0.15, -0.1) is 0 Å². The number of carbonyl (C=O) groups excluding carboxylic acids is 2. The molecule has 1 atom stereocenters. The minimum absolute atomic E-state index is 0.150. The van der Waals surface area contributed by atoms with Crippen molar-refractivity contribution in [3.63, 3.8) is 0 Å². The maximum absolute atomic E-state index is 12.4. The summed E-state index contributed by atoms with van der Waals surface area (Å²) in [4.78, 5) is 24.5. The van der Waals surface area contributed by atoms with Gasteiger partial charge in [0.25, 0.3) is 5.91 Å². The quantitative estimate of drug-likeness (QED) is 0.699. The zero-order chi connectivity index (χ0) is 20.7. The Balaban J connectivity index is 1.91. The molecular formula is C22H27NO5. The normalized spacial score (nSPS) is 11.5. The standard InChI is InChI=1S/C22H27NO5/c1-14-7-6-8-15(2)21(14)23-22(25)16(3)28-20(24)10-9-17-11-18(26-4)13-19(12-17)27-5/h6-8,11-13,16H,9-10H2,1-5H3,(H,23,25). The smallest absolute Gasteiger partial charge is 0.306 e. The molecule has 28 heavy (non-hydrogen) atoms. The molecule has 1 amide bonds. The number of carbonyl (C=O) groups is 2. The molecule has 6 nitrogen and oxygen atoms in total. The molecule has 0 fully saturated rings. The molecule has 1 N–H and O–H groups in total. The topological polar surface area (TPSA) is 73.9 Å². The summed E-state index contributed by atoms with van der Waals surface area (Å²) >= 11 is 0. The van der Waals surface area contributed by atoms with Crippen LogP contribution in [0, 0.1) is 13.8 Å². The largest absolute Gasteiger partial charge is 0.497 e. The number of hydrogen-bond acceptors (Lipinski definition) is 5. The van der Waals surface area contributed by atoms with E-state index in [0.29, 0.717) is 17.9 Å². The highest BCUT2D eigenvalue weighted by Crippen LogP contribution is 2.23. The monoisotopic (exact) mass is 385 g/mol. The Morgan fingerprint density at radius 2 is 1.57 bits per heavy atom. The summed E-state index contributed by atoms with van der Waals surface area (Å²) in [6, 6.07) is 11.2. The van der Waals surface area contributed by atoms with Gasteiger partial charge in [0.1, 0.15) is 11.5 Å². The SMILES string of the molecule is COc1cc(CCC(=O)OC(C)C(=O)Nc2c(C)cccc2C)cc(OC)c1. The van der Waals surface area contributed by atoms with Crippen LogP contribution in [0.4, 0.5) is 5.69 Å². The molecule has 0 aliphatic rings. The van der Waals surface area contributed by atoms with Crippen molar-refractivity contribution >= 4 is 17.6 Å². The van der Waals surface area contributed by atoms with E-state index in [0.717, 1.165) is 22.4 Å². The third-order valence-corrected chi connectivity index (χ3v) is 4.44. The van der Waals surface area contributed by atoms with Gasteiger partial charge in [-0.1, -0.05) is 18.2 Å². The summed E-state index contributed by atoms with van der Waals surface area (Å²) in [5.41, 5.74) is 3.55. The van der Waals surface area contributed by atoms with Gasteiger partial charge in [0, 0.05) is 18.2 Å². The molecule has 6 heteroatoms. The fraction of sp³-hybridized carbons (Fsp3) is 0.364. The van der Waals surface area contributed by atoms with E-state index in [9.17, 15) is 9.59 Å². The summed E-state index contributed by atoms with van der Waals surface area (Å²) in [6.07, 6.45) is -0.277. The highest BCUT2D eigenvalue weighted by atomic mass is 16.5. The van der Waals surface area contributed by atoms with Crippen molar-refractivity contribution in [2.75, 3.05) is 19.5 Å². The van der Waals surface area contributed by atoms with E-state index < -0.39 is 12.1 Å². The van der Waals surface area contributed by atoms with E-state index >= 15 is 0 Å². The first-order chi connectivity index (χ1) is 13.3. The maximum atomic E-state index is 12.4. The number of ether oxygens (including phenoxy) is 3. The van der Waals surface area contributed by atoms with Crippen molar-refractivity contribution in [3.05, 3.63) is 53.1 Å². The van der Waals surface area contributed by atoms with Crippen LogP contribution in [0.3, 0.4) is 0 Å². The molecule has 0 saturated heterocycles. The van der Waals surface area contributed by atoms with E-state index in [1.165, 1.54) is 0 Å². The van der Waals surface area contributed by atoms with Gasteiger partial charge in [-0.2, -0.15) is 0 Å². The predicted molar refractivity (Wildman–Crippen MR) is 108 cm³/mol. The predicted octanol–water partition coefficient (Wildman–Crippen LogP) is 3.82. The minimum atomic E-state index is -0.883. The lowest BCUT2D eigenvalue weighted by molar-refractivity contribution is -0.153. The first-order valence-corrected chi connectivity index (χ1v) is 9.12. The number of anilines is 1. The molecule has 0 aliphatic heterocycles. The number of amides is 1. The Morgan fingerprint density at radius 3 is 2.11 bits per heavy atom. The van der Waals surface area contributed by atoms with Crippen LogP contribution in [-0.4, -0.2) is 32.2 Å². The van der Waals surface area contributed by atoms with Crippen LogP contribution < -0.4 is 14.8 Å². The molecule has 2 aromatic rings. The van der Waals surface area contributed by atoms with E-state index in [4.69, 9.17) is 14.2 Å². The van der Waals surface area contributed by atoms with Gasteiger partial charge in [-0.05, 0) is 56.0 Å². The molecule has 0 heterocycles. The van der Waals surface area contributed by atoms with Crippen LogP contribution >= 0.6 is 0 Å². The van der Waals surface area contributed by atoms with Gasteiger partial charge in [-0.25, -0.2) is 0 Å². The van der Waals surface area contributed by atoms with Crippen LogP contribution in [-0.2, 0) is 20.7 Å². The van der Waals surface area contributed by atoms with Crippen LogP contribution in [0.25, 0.3) is 0 Å². The third kappa shape index (κ3) is 5.74. The molecule has 0 radical (unpaired) electrons. The van der Waals surface area contributed by atoms with Gasteiger partial charge in [0.05, 0.1) is 14.2 Å². The van der Waals surface area contributed by atoms with Crippen LogP contribution in [0.15, 0.2) is 36.4 Å². The highest BCUT2D eigenvalue weighted by molar-refractivity contribution is 5.96. The van der Waals surface area contributed by atoms with Gasteiger partial charge in [-0.3, -0.25) is 9.59 Å². The summed E-state index contributed by atoms with van der Waals surface area (Å²) in [5, 5.41) is 2.84. The fourth-order valence-corrected chi connectivity index (χ4v) is 2.80. The Labute approximate surface area is 165 Å². The van der Waals surface area contributed by atoms with E-state index in [2.05, 4.69) is 5.32 Å². The number of hydrogen-bond donors (Lipinski definition) is 1. The van der Waals surface area contributed by atoms with E-state index in [-0.39, 0.29) is 12.3 Å². The van der Waals surface area contributed by atoms with Crippen molar-refractivity contribution in [3.8, 4) is 11.5 Å². The Hall–Kier alpha value is -3.02. The molecule has 2 rings (SSSR count). The van der Waals surface area contributed by atoms with Gasteiger partial charge in [0.2, 0.25) is 0 Å². The van der Waals surface area contributed by atoms with Gasteiger partial charge >= 0.3 is 5.97 Å². The number of methoxy groups -OCH3 is 2. The second-order valence-electron chi connectivity index (χ2n) is 6.61. The lowest BCUT2D eigenvalue weighted by Crippen LogP contribution is -2.30. The Morgan fingerprint density at radius 1 is 1.00 bits per heavy atom. The van der Waals surface area contributed by atoms with Crippen molar-refractivity contribution in [2.45, 2.75) is 39.7 Å². The van der Waals surface area contributed by atoms with Gasteiger partial charge < -0.3 is 19.5 Å². The first kappa shape index (κ1) is 21.3. The summed E-state index contributed by atoms with van der Waals surface area (Å²) in [7, 11) is 3.15. The average Bonchev–Trinajstić information content (AvgIpc) is 2.68. The summed E-state index contributed by atoms with van der Waals surface area (Å²) in [6.45, 7) is 5.40. The number of esters is 1. The average molecular weight is 385 g/mol. The number of nitrogens with one attached hydrogen (secondary N) is 1. The molecule has 1 unspecified atom stereocenters. The lowest BCUT2D eigenvalue weighted by Gasteiger charge is -2.16. The number of para-hydroxylation sites is 1. The van der Waals surface area contributed by atoms with E-state index in [1.54, 1.807) is 27.2 Å². The number of aryl methyl sites for hydroxylation is 3. The molecule has 0 aliphatic carbocycles. The summed E-state index contributed by atoms with van der Waals surface area (Å²) < 4.78 is 15.7.